The van der Waals surface area contributed by atoms with Gasteiger partial charge in [0.05, 0.1) is 0 Å². The zero-order chi connectivity index (χ0) is 19.5. The highest BCUT2D eigenvalue weighted by Crippen LogP contribution is 2.48. The van der Waals surface area contributed by atoms with Crippen molar-refractivity contribution in [2.75, 3.05) is 37.6 Å². The highest BCUT2D eigenvalue weighted by Gasteiger charge is 2.45. The molecule has 29 heavy (non-hydrogen) atoms. The first-order valence-electron chi connectivity index (χ1n) is 11.0. The minimum atomic E-state index is 0.425. The van der Waals surface area contributed by atoms with Crippen LogP contribution in [0.15, 0.2) is 84.9 Å². The molecule has 0 bridgehead atoms. The standard InChI is InChI=1S/C27H30N2/c1-3-9-23(10-4-1)21-24-11-7-8-14-26(24)29-19-17-28(18-20-29)22-27(15-16-27)25-12-5-2-6-13-25/h1-14H,15-22H2. The second kappa shape index (κ2) is 8.04. The van der Waals surface area contributed by atoms with E-state index in [1.807, 2.05) is 0 Å². The number of nitrogens with zero attached hydrogens (tertiary/aromatic N) is 2. The molecule has 2 nitrogen and oxygen atoms in total. The summed E-state index contributed by atoms with van der Waals surface area (Å²) in [5.74, 6) is 0. The first kappa shape index (κ1) is 18.4. The van der Waals surface area contributed by atoms with Crippen LogP contribution in [0.25, 0.3) is 0 Å². The third kappa shape index (κ3) is 4.09. The quantitative estimate of drug-likeness (QED) is 0.583. The molecule has 3 aromatic carbocycles. The Morgan fingerprint density at radius 1 is 0.655 bits per heavy atom. The van der Waals surface area contributed by atoms with Crippen LogP contribution < -0.4 is 4.90 Å². The molecule has 0 spiro atoms. The Bertz CT molecular complexity index is 923. The SMILES string of the molecule is c1ccc(Cc2ccccc2N2CCN(CC3(c4ccccc4)CC3)CC2)cc1. The van der Waals surface area contributed by atoms with E-state index in [-0.39, 0.29) is 0 Å². The van der Waals surface area contributed by atoms with E-state index in [9.17, 15) is 0 Å². The van der Waals surface area contributed by atoms with Crippen LogP contribution in [-0.4, -0.2) is 37.6 Å². The molecule has 1 saturated carbocycles. The summed E-state index contributed by atoms with van der Waals surface area (Å²) < 4.78 is 0. The van der Waals surface area contributed by atoms with E-state index in [0.29, 0.717) is 5.41 Å². The van der Waals surface area contributed by atoms with Gasteiger partial charge in [0.2, 0.25) is 0 Å². The largest absolute Gasteiger partial charge is 0.369 e. The van der Waals surface area contributed by atoms with Crippen LogP contribution in [0.3, 0.4) is 0 Å². The van der Waals surface area contributed by atoms with Crippen molar-refractivity contribution in [2.45, 2.75) is 24.7 Å². The Morgan fingerprint density at radius 3 is 1.97 bits per heavy atom. The minimum Gasteiger partial charge on any atom is -0.369 e. The molecular weight excluding hydrogens is 352 g/mol. The van der Waals surface area contributed by atoms with E-state index in [2.05, 4.69) is 94.7 Å². The van der Waals surface area contributed by atoms with Gasteiger partial charge in [-0.25, -0.2) is 0 Å². The van der Waals surface area contributed by atoms with Crippen LogP contribution in [0.4, 0.5) is 5.69 Å². The smallest absolute Gasteiger partial charge is 0.0403 e. The number of anilines is 1. The van der Waals surface area contributed by atoms with Crippen molar-refractivity contribution in [1.29, 1.82) is 0 Å². The summed E-state index contributed by atoms with van der Waals surface area (Å²) in [6, 6.07) is 30.9. The van der Waals surface area contributed by atoms with E-state index < -0.39 is 0 Å². The summed E-state index contributed by atoms with van der Waals surface area (Å²) in [6.07, 6.45) is 3.70. The van der Waals surface area contributed by atoms with Crippen LogP contribution in [-0.2, 0) is 11.8 Å². The third-order valence-corrected chi connectivity index (χ3v) is 6.71. The van der Waals surface area contributed by atoms with Crippen molar-refractivity contribution < 1.29 is 0 Å². The van der Waals surface area contributed by atoms with Gasteiger partial charge < -0.3 is 4.90 Å². The molecule has 0 aromatic heterocycles. The molecular formula is C27H30N2. The van der Waals surface area contributed by atoms with Crippen LogP contribution in [0.2, 0.25) is 0 Å². The molecule has 0 radical (unpaired) electrons. The highest BCUT2D eigenvalue weighted by atomic mass is 15.3. The lowest BCUT2D eigenvalue weighted by Crippen LogP contribution is -2.48. The molecule has 3 aromatic rings. The van der Waals surface area contributed by atoms with Crippen LogP contribution in [0.5, 0.6) is 0 Å². The Morgan fingerprint density at radius 2 is 1.28 bits per heavy atom. The third-order valence-electron chi connectivity index (χ3n) is 6.71. The van der Waals surface area contributed by atoms with Gasteiger partial charge in [0.25, 0.3) is 0 Å². The number of piperazine rings is 1. The Kier molecular flexibility index (Phi) is 5.12. The summed E-state index contributed by atoms with van der Waals surface area (Å²) >= 11 is 0. The summed E-state index contributed by atoms with van der Waals surface area (Å²) in [5, 5.41) is 0. The van der Waals surface area contributed by atoms with Crippen molar-refractivity contribution >= 4 is 5.69 Å². The van der Waals surface area contributed by atoms with Crippen molar-refractivity contribution in [2.24, 2.45) is 0 Å². The van der Waals surface area contributed by atoms with Crippen molar-refractivity contribution in [1.82, 2.24) is 4.90 Å². The first-order valence-corrected chi connectivity index (χ1v) is 11.0. The van der Waals surface area contributed by atoms with Crippen LogP contribution in [0, 0.1) is 0 Å². The fraction of sp³-hybridized carbons (Fsp3) is 0.333. The van der Waals surface area contributed by atoms with Gasteiger partial charge in [0, 0.05) is 43.8 Å². The summed E-state index contributed by atoms with van der Waals surface area (Å²) in [6.45, 7) is 5.78. The topological polar surface area (TPSA) is 6.48 Å². The Hall–Kier alpha value is -2.58. The molecule has 2 fully saturated rings. The van der Waals surface area contributed by atoms with E-state index >= 15 is 0 Å². The molecule has 0 amide bonds. The fourth-order valence-corrected chi connectivity index (χ4v) is 4.84. The van der Waals surface area contributed by atoms with Gasteiger partial charge in [-0.05, 0) is 42.0 Å². The predicted molar refractivity (Wildman–Crippen MR) is 122 cm³/mol. The summed E-state index contributed by atoms with van der Waals surface area (Å²) in [4.78, 5) is 5.28. The first-order chi connectivity index (χ1) is 14.3. The molecule has 1 saturated heterocycles. The van der Waals surface area contributed by atoms with Crippen LogP contribution >= 0.6 is 0 Å². The summed E-state index contributed by atoms with van der Waals surface area (Å²) in [7, 11) is 0. The van der Waals surface area contributed by atoms with Crippen molar-refractivity contribution in [3.05, 3.63) is 102 Å². The monoisotopic (exact) mass is 382 g/mol. The maximum absolute atomic E-state index is 2.69. The van der Waals surface area contributed by atoms with Gasteiger partial charge in [-0.1, -0.05) is 78.9 Å². The van der Waals surface area contributed by atoms with Gasteiger partial charge >= 0.3 is 0 Å². The van der Waals surface area contributed by atoms with Gasteiger partial charge in [-0.3, -0.25) is 4.90 Å². The zero-order valence-electron chi connectivity index (χ0n) is 17.1. The summed E-state index contributed by atoms with van der Waals surface area (Å²) in [5.41, 5.74) is 6.21. The zero-order valence-corrected chi connectivity index (χ0v) is 17.1. The number of para-hydroxylation sites is 1. The van der Waals surface area contributed by atoms with E-state index in [4.69, 9.17) is 0 Å². The van der Waals surface area contributed by atoms with Crippen molar-refractivity contribution in [3.63, 3.8) is 0 Å². The highest BCUT2D eigenvalue weighted by molar-refractivity contribution is 5.55. The van der Waals surface area contributed by atoms with E-state index in [1.165, 1.54) is 41.8 Å². The average molecular weight is 383 g/mol. The lowest BCUT2D eigenvalue weighted by atomic mass is 9.95. The molecule has 1 aliphatic heterocycles. The fourth-order valence-electron chi connectivity index (χ4n) is 4.84. The lowest BCUT2D eigenvalue weighted by Gasteiger charge is -2.38. The molecule has 0 unspecified atom stereocenters. The molecule has 5 rings (SSSR count). The van der Waals surface area contributed by atoms with Gasteiger partial charge in [-0.2, -0.15) is 0 Å². The average Bonchev–Trinajstić information content (AvgIpc) is 3.57. The second-order valence-corrected chi connectivity index (χ2v) is 8.70. The minimum absolute atomic E-state index is 0.425. The second-order valence-electron chi connectivity index (χ2n) is 8.70. The van der Waals surface area contributed by atoms with Gasteiger partial charge in [0.15, 0.2) is 0 Å². The van der Waals surface area contributed by atoms with Crippen LogP contribution in [0.1, 0.15) is 29.5 Å². The normalized spacial score (nSPS) is 18.6. The molecule has 1 aliphatic carbocycles. The van der Waals surface area contributed by atoms with Gasteiger partial charge in [0.1, 0.15) is 0 Å². The Labute approximate surface area is 174 Å². The number of hydrogen-bond acceptors (Lipinski definition) is 2. The molecule has 2 aliphatic rings. The number of rotatable bonds is 6. The van der Waals surface area contributed by atoms with Crippen molar-refractivity contribution in [3.8, 4) is 0 Å². The van der Waals surface area contributed by atoms with E-state index in [0.717, 1.165) is 32.6 Å². The molecule has 0 atom stereocenters. The lowest BCUT2D eigenvalue weighted by molar-refractivity contribution is 0.235. The molecule has 2 heteroatoms. The molecule has 0 N–H and O–H groups in total. The van der Waals surface area contributed by atoms with Gasteiger partial charge in [-0.15, -0.1) is 0 Å². The predicted octanol–water partition coefficient (Wildman–Crippen LogP) is 5.13. The van der Waals surface area contributed by atoms with E-state index in [1.54, 1.807) is 0 Å². The molecule has 148 valence electrons. The number of benzene rings is 3. The maximum Gasteiger partial charge on any atom is 0.0403 e. The number of hydrogen-bond donors (Lipinski definition) is 0. The molecule has 1 heterocycles. The maximum atomic E-state index is 2.69. The Balaban J connectivity index is 1.24.